The lowest BCUT2D eigenvalue weighted by Crippen LogP contribution is -2.44. The molecule has 1 N–H and O–H groups in total. The Morgan fingerprint density at radius 1 is 1.10 bits per heavy atom. The second-order valence-corrected chi connectivity index (χ2v) is 9.59. The van der Waals surface area contributed by atoms with E-state index in [1.54, 1.807) is 31.3 Å². The number of hydrogen-bond acceptors (Lipinski definition) is 9. The standard InChI is InChI=1S/C18H21N7O2S2/c1-13-20-17(15-5-3-4-6-19-15)22-18(21-13)23-29(26,27)16-11-14(12-28-16)25-9-7-24(2)8-10-25/h3-6,11-12H,7-10H2,1-2H3,(H,20,21,22,23). The maximum absolute atomic E-state index is 12.9. The van der Waals surface area contributed by atoms with Crippen LogP contribution in [0.4, 0.5) is 11.6 Å². The number of pyridine rings is 1. The van der Waals surface area contributed by atoms with Crippen LogP contribution >= 0.6 is 11.3 Å². The lowest BCUT2D eigenvalue weighted by Gasteiger charge is -2.33. The third-order valence-corrected chi connectivity index (χ3v) is 7.32. The van der Waals surface area contributed by atoms with Gasteiger partial charge in [0.1, 0.15) is 15.7 Å². The number of rotatable bonds is 5. The molecular weight excluding hydrogens is 410 g/mol. The molecule has 1 fully saturated rings. The van der Waals surface area contributed by atoms with Gasteiger partial charge in [0.15, 0.2) is 5.82 Å². The van der Waals surface area contributed by atoms with Gasteiger partial charge in [0.25, 0.3) is 10.0 Å². The molecule has 0 saturated carbocycles. The number of aromatic nitrogens is 4. The Morgan fingerprint density at radius 2 is 1.90 bits per heavy atom. The third kappa shape index (κ3) is 4.52. The summed E-state index contributed by atoms with van der Waals surface area (Å²) in [4.78, 5) is 21.3. The molecule has 0 spiro atoms. The van der Waals surface area contributed by atoms with E-state index in [0.717, 1.165) is 31.9 Å². The number of anilines is 2. The first kappa shape index (κ1) is 19.7. The summed E-state index contributed by atoms with van der Waals surface area (Å²) in [6.45, 7) is 5.34. The van der Waals surface area contributed by atoms with Crippen LogP contribution < -0.4 is 9.62 Å². The topological polar surface area (TPSA) is 104 Å². The summed E-state index contributed by atoms with van der Waals surface area (Å²) in [6.07, 6.45) is 1.63. The lowest BCUT2D eigenvalue weighted by molar-refractivity contribution is 0.313. The minimum Gasteiger partial charge on any atom is -0.368 e. The number of thiophene rings is 1. The van der Waals surface area contributed by atoms with Crippen LogP contribution in [-0.4, -0.2) is 66.5 Å². The van der Waals surface area contributed by atoms with Crippen molar-refractivity contribution in [2.24, 2.45) is 0 Å². The van der Waals surface area contributed by atoms with Crippen LogP contribution in [-0.2, 0) is 10.0 Å². The molecule has 29 heavy (non-hydrogen) atoms. The molecule has 1 aliphatic rings. The first-order valence-electron chi connectivity index (χ1n) is 9.10. The monoisotopic (exact) mass is 431 g/mol. The zero-order valence-corrected chi connectivity index (χ0v) is 17.7. The van der Waals surface area contributed by atoms with Gasteiger partial charge in [-0.25, -0.2) is 18.1 Å². The molecule has 0 bridgehead atoms. The highest BCUT2D eigenvalue weighted by molar-refractivity contribution is 7.94. The molecule has 0 unspecified atom stereocenters. The van der Waals surface area contributed by atoms with Gasteiger partial charge in [-0.3, -0.25) is 4.98 Å². The van der Waals surface area contributed by atoms with Gasteiger partial charge in [-0.15, -0.1) is 11.3 Å². The van der Waals surface area contributed by atoms with Crippen LogP contribution in [0.5, 0.6) is 0 Å². The van der Waals surface area contributed by atoms with Gasteiger partial charge in [-0.1, -0.05) is 6.07 Å². The summed E-state index contributed by atoms with van der Waals surface area (Å²) < 4.78 is 28.4. The number of aryl methyl sites for hydroxylation is 1. The van der Waals surface area contributed by atoms with Crippen molar-refractivity contribution in [2.45, 2.75) is 11.1 Å². The molecule has 9 nitrogen and oxygen atoms in total. The second-order valence-electron chi connectivity index (χ2n) is 6.76. The van der Waals surface area contributed by atoms with Gasteiger partial charge in [0.05, 0.1) is 0 Å². The lowest BCUT2D eigenvalue weighted by atomic mass is 10.3. The van der Waals surface area contributed by atoms with Gasteiger partial charge in [0.2, 0.25) is 5.95 Å². The van der Waals surface area contributed by atoms with Crippen LogP contribution in [0.2, 0.25) is 0 Å². The first-order chi connectivity index (χ1) is 13.9. The predicted molar refractivity (Wildman–Crippen MR) is 113 cm³/mol. The normalized spacial score (nSPS) is 15.4. The van der Waals surface area contributed by atoms with Crippen LogP contribution in [0.15, 0.2) is 40.1 Å². The Kier molecular flexibility index (Phi) is 5.43. The smallest absolute Gasteiger partial charge is 0.273 e. The Morgan fingerprint density at radius 3 is 2.62 bits per heavy atom. The molecule has 1 aliphatic heterocycles. The number of likely N-dealkylation sites (N-methyl/N-ethyl adjacent to an activating group) is 1. The third-order valence-electron chi connectivity index (χ3n) is 4.56. The molecule has 0 aliphatic carbocycles. The molecule has 3 aromatic heterocycles. The van der Waals surface area contributed by atoms with Crippen LogP contribution in [0.1, 0.15) is 5.82 Å². The molecule has 0 amide bonds. The summed E-state index contributed by atoms with van der Waals surface area (Å²) in [6, 6.07) is 7.06. The SMILES string of the molecule is Cc1nc(NS(=O)(=O)c2cc(N3CCN(C)CC3)cs2)nc(-c2ccccn2)n1. The minimum atomic E-state index is -3.80. The highest BCUT2D eigenvalue weighted by atomic mass is 32.2. The summed E-state index contributed by atoms with van der Waals surface area (Å²) in [5.74, 6) is 0.704. The van der Waals surface area contributed by atoms with Crippen molar-refractivity contribution in [1.82, 2.24) is 24.8 Å². The number of nitrogens with one attached hydrogen (secondary N) is 1. The fourth-order valence-corrected chi connectivity index (χ4v) is 5.11. The summed E-state index contributed by atoms with van der Waals surface area (Å²) >= 11 is 1.19. The van der Waals surface area contributed by atoms with E-state index in [1.807, 2.05) is 11.4 Å². The van der Waals surface area contributed by atoms with Crippen LogP contribution in [0.25, 0.3) is 11.5 Å². The van der Waals surface area contributed by atoms with Crippen molar-refractivity contribution < 1.29 is 8.42 Å². The molecular formula is C18H21N7O2S2. The molecule has 0 atom stereocenters. The summed E-state index contributed by atoms with van der Waals surface area (Å²) in [7, 11) is -1.72. The number of piperazine rings is 1. The molecule has 0 radical (unpaired) electrons. The molecule has 11 heteroatoms. The van der Waals surface area contributed by atoms with Gasteiger partial charge in [0, 0.05) is 43.4 Å². The van der Waals surface area contributed by atoms with E-state index in [1.165, 1.54) is 11.3 Å². The first-order valence-corrected chi connectivity index (χ1v) is 11.5. The summed E-state index contributed by atoms with van der Waals surface area (Å²) in [5, 5.41) is 1.87. The van der Waals surface area contributed by atoms with E-state index >= 15 is 0 Å². The van der Waals surface area contributed by atoms with E-state index < -0.39 is 10.0 Å². The highest BCUT2D eigenvalue weighted by Gasteiger charge is 2.22. The van der Waals surface area contributed by atoms with Crippen LogP contribution in [0.3, 0.4) is 0 Å². The number of nitrogens with zero attached hydrogens (tertiary/aromatic N) is 6. The van der Waals surface area contributed by atoms with E-state index in [4.69, 9.17) is 0 Å². The van der Waals surface area contributed by atoms with Crippen molar-refractivity contribution >= 4 is 33.0 Å². The highest BCUT2D eigenvalue weighted by Crippen LogP contribution is 2.28. The van der Waals surface area contributed by atoms with Crippen molar-refractivity contribution in [3.05, 3.63) is 41.7 Å². The molecule has 4 heterocycles. The van der Waals surface area contributed by atoms with E-state index in [-0.39, 0.29) is 10.2 Å². The van der Waals surface area contributed by atoms with Gasteiger partial charge >= 0.3 is 0 Å². The zero-order chi connectivity index (χ0) is 20.4. The zero-order valence-electron chi connectivity index (χ0n) is 16.1. The fraction of sp³-hybridized carbons (Fsp3) is 0.333. The quantitative estimate of drug-likeness (QED) is 0.653. The van der Waals surface area contributed by atoms with E-state index in [9.17, 15) is 8.42 Å². The van der Waals surface area contributed by atoms with E-state index in [0.29, 0.717) is 17.3 Å². The van der Waals surface area contributed by atoms with Crippen molar-refractivity contribution in [3.63, 3.8) is 0 Å². The average molecular weight is 432 g/mol. The second kappa shape index (κ2) is 8.01. The van der Waals surface area contributed by atoms with Gasteiger partial charge in [-0.05, 0) is 32.2 Å². The predicted octanol–water partition coefficient (Wildman–Crippen LogP) is 1.86. The Balaban J connectivity index is 1.56. The maximum atomic E-state index is 12.9. The Bertz CT molecular complexity index is 1090. The molecule has 152 valence electrons. The largest absolute Gasteiger partial charge is 0.368 e. The van der Waals surface area contributed by atoms with Crippen molar-refractivity contribution in [2.75, 3.05) is 42.8 Å². The molecule has 4 rings (SSSR count). The fourth-order valence-electron chi connectivity index (χ4n) is 2.99. The van der Waals surface area contributed by atoms with Crippen molar-refractivity contribution in [3.8, 4) is 11.5 Å². The Labute approximate surface area is 173 Å². The maximum Gasteiger partial charge on any atom is 0.273 e. The number of hydrogen-bond donors (Lipinski definition) is 1. The minimum absolute atomic E-state index is 0.0206. The molecule has 0 aromatic carbocycles. The van der Waals surface area contributed by atoms with Gasteiger partial charge < -0.3 is 9.80 Å². The molecule has 3 aromatic rings. The number of sulfonamides is 1. The summed E-state index contributed by atoms with van der Waals surface area (Å²) in [5.41, 5.74) is 1.47. The average Bonchev–Trinajstić information content (AvgIpc) is 3.20. The molecule has 1 saturated heterocycles. The van der Waals surface area contributed by atoms with E-state index in [2.05, 4.69) is 41.5 Å². The Hall–Kier alpha value is -2.63. The van der Waals surface area contributed by atoms with Crippen molar-refractivity contribution in [1.29, 1.82) is 0 Å². The van der Waals surface area contributed by atoms with Crippen LogP contribution in [0, 0.1) is 6.92 Å². The van der Waals surface area contributed by atoms with Gasteiger partial charge in [-0.2, -0.15) is 9.97 Å².